The van der Waals surface area contributed by atoms with E-state index < -0.39 is 0 Å². The van der Waals surface area contributed by atoms with E-state index >= 15 is 0 Å². The van der Waals surface area contributed by atoms with Gasteiger partial charge in [-0.2, -0.15) is 0 Å². The summed E-state index contributed by atoms with van der Waals surface area (Å²) >= 11 is 5.39. The summed E-state index contributed by atoms with van der Waals surface area (Å²) in [7, 11) is 0. The van der Waals surface area contributed by atoms with Gasteiger partial charge < -0.3 is 0 Å². The smallest absolute Gasteiger partial charge is 0.0363 e. The van der Waals surface area contributed by atoms with Crippen LogP contribution in [0.1, 0.15) is 18.1 Å². The number of aryl methyl sites for hydroxylation is 2. The summed E-state index contributed by atoms with van der Waals surface area (Å²) in [6.07, 6.45) is 1.12. The van der Waals surface area contributed by atoms with Crippen LogP contribution in [0, 0.1) is 6.92 Å². The van der Waals surface area contributed by atoms with Gasteiger partial charge in [0.15, 0.2) is 0 Å². The van der Waals surface area contributed by atoms with Crippen LogP contribution in [-0.4, -0.2) is 0 Å². The quantitative estimate of drug-likeness (QED) is 0.702. The molecule has 0 saturated carbocycles. The Bertz CT molecular complexity index is 443. The molecule has 0 N–H and O–H groups in total. The van der Waals surface area contributed by atoms with E-state index in [1.165, 1.54) is 25.7 Å². The van der Waals surface area contributed by atoms with Crippen molar-refractivity contribution in [3.63, 3.8) is 0 Å². The molecular formula is C11H11BrS. The van der Waals surface area contributed by atoms with Crippen molar-refractivity contribution >= 4 is 37.4 Å². The van der Waals surface area contributed by atoms with Crippen molar-refractivity contribution < 1.29 is 0 Å². The van der Waals surface area contributed by atoms with Gasteiger partial charge in [-0.15, -0.1) is 11.3 Å². The van der Waals surface area contributed by atoms with E-state index in [1.54, 1.807) is 0 Å². The number of halogens is 1. The van der Waals surface area contributed by atoms with Crippen molar-refractivity contribution in [3.05, 3.63) is 33.1 Å². The fourth-order valence-electron chi connectivity index (χ4n) is 1.60. The van der Waals surface area contributed by atoms with Crippen LogP contribution in [-0.2, 0) is 6.42 Å². The Morgan fingerprint density at radius 1 is 1.38 bits per heavy atom. The molecule has 1 heterocycles. The predicted molar refractivity (Wildman–Crippen MR) is 63.6 cm³/mol. The molecule has 1 aromatic carbocycles. The normalized spacial score (nSPS) is 11.0. The zero-order chi connectivity index (χ0) is 9.42. The lowest BCUT2D eigenvalue weighted by Crippen LogP contribution is -1.82. The minimum atomic E-state index is 1.12. The average Bonchev–Trinajstić information content (AvgIpc) is 2.48. The summed E-state index contributed by atoms with van der Waals surface area (Å²) in [4.78, 5) is 0. The van der Waals surface area contributed by atoms with E-state index in [-0.39, 0.29) is 0 Å². The van der Waals surface area contributed by atoms with Crippen LogP contribution >= 0.6 is 27.3 Å². The van der Waals surface area contributed by atoms with Crippen LogP contribution in [0.2, 0.25) is 0 Å². The summed E-state index contributed by atoms with van der Waals surface area (Å²) in [5.74, 6) is 0. The Kier molecular flexibility index (Phi) is 2.43. The minimum absolute atomic E-state index is 1.12. The molecule has 0 aliphatic heterocycles. The molecule has 0 atom stereocenters. The Morgan fingerprint density at radius 2 is 2.15 bits per heavy atom. The summed E-state index contributed by atoms with van der Waals surface area (Å²) in [6.45, 7) is 4.38. The van der Waals surface area contributed by atoms with E-state index in [1.807, 2.05) is 11.3 Å². The molecule has 0 unspecified atom stereocenters. The zero-order valence-corrected chi connectivity index (χ0v) is 10.1. The van der Waals surface area contributed by atoms with E-state index in [2.05, 4.69) is 47.3 Å². The molecule has 13 heavy (non-hydrogen) atoms. The van der Waals surface area contributed by atoms with Crippen LogP contribution in [0.4, 0.5) is 0 Å². The molecule has 0 nitrogen and oxygen atoms in total. The van der Waals surface area contributed by atoms with E-state index in [0.29, 0.717) is 0 Å². The largest absolute Gasteiger partial charge is 0.143 e. The number of hydrogen-bond donors (Lipinski definition) is 0. The lowest BCUT2D eigenvalue weighted by Gasteiger charge is -2.01. The SMILES string of the molecule is CCc1cc(C)c2c(Br)csc2c1. The third kappa shape index (κ3) is 1.53. The first-order valence-corrected chi connectivity index (χ1v) is 6.06. The molecule has 0 spiro atoms. The van der Waals surface area contributed by atoms with E-state index in [9.17, 15) is 0 Å². The molecule has 2 heteroatoms. The molecule has 0 saturated heterocycles. The monoisotopic (exact) mass is 254 g/mol. The second-order valence-electron chi connectivity index (χ2n) is 3.22. The van der Waals surface area contributed by atoms with Gasteiger partial charge in [0, 0.05) is 19.9 Å². The maximum absolute atomic E-state index is 3.57. The van der Waals surface area contributed by atoms with Gasteiger partial charge in [0.2, 0.25) is 0 Å². The van der Waals surface area contributed by atoms with Crippen molar-refractivity contribution in [1.82, 2.24) is 0 Å². The molecule has 1 aromatic heterocycles. The Balaban J connectivity index is 2.79. The highest BCUT2D eigenvalue weighted by molar-refractivity contribution is 9.10. The lowest BCUT2D eigenvalue weighted by atomic mass is 10.1. The molecule has 0 fully saturated rings. The van der Waals surface area contributed by atoms with Gasteiger partial charge in [-0.25, -0.2) is 0 Å². The summed E-state index contributed by atoms with van der Waals surface area (Å²) < 4.78 is 2.62. The highest BCUT2D eigenvalue weighted by Crippen LogP contribution is 2.33. The fraction of sp³-hybridized carbons (Fsp3) is 0.273. The average molecular weight is 255 g/mol. The molecular weight excluding hydrogens is 244 g/mol. The lowest BCUT2D eigenvalue weighted by molar-refractivity contribution is 1.14. The predicted octanol–water partition coefficient (Wildman–Crippen LogP) is 4.53. The Morgan fingerprint density at radius 3 is 2.85 bits per heavy atom. The highest BCUT2D eigenvalue weighted by Gasteiger charge is 2.05. The number of benzene rings is 1. The summed E-state index contributed by atoms with van der Waals surface area (Å²) in [5.41, 5.74) is 2.81. The fourth-order valence-corrected chi connectivity index (χ4v) is 3.50. The van der Waals surface area contributed by atoms with E-state index in [0.717, 1.165) is 6.42 Å². The van der Waals surface area contributed by atoms with Gasteiger partial charge in [-0.3, -0.25) is 0 Å². The number of rotatable bonds is 1. The number of hydrogen-bond acceptors (Lipinski definition) is 1. The van der Waals surface area contributed by atoms with Crippen molar-refractivity contribution in [2.24, 2.45) is 0 Å². The number of fused-ring (bicyclic) bond motifs is 1. The van der Waals surface area contributed by atoms with Crippen molar-refractivity contribution in [2.75, 3.05) is 0 Å². The standard InChI is InChI=1S/C11H11BrS/c1-3-8-4-7(2)11-9(12)6-13-10(11)5-8/h4-6H,3H2,1-2H3. The maximum Gasteiger partial charge on any atom is 0.0363 e. The van der Waals surface area contributed by atoms with Crippen LogP contribution in [0.25, 0.3) is 10.1 Å². The summed E-state index contributed by atoms with van der Waals surface area (Å²) in [5, 5.41) is 3.54. The first-order chi connectivity index (χ1) is 6.22. The van der Waals surface area contributed by atoms with Crippen molar-refractivity contribution in [2.45, 2.75) is 20.3 Å². The number of thiophene rings is 1. The van der Waals surface area contributed by atoms with Gasteiger partial charge in [0.25, 0.3) is 0 Å². The van der Waals surface area contributed by atoms with Gasteiger partial charge in [0.05, 0.1) is 0 Å². The maximum atomic E-state index is 3.57. The van der Waals surface area contributed by atoms with E-state index in [4.69, 9.17) is 0 Å². The minimum Gasteiger partial charge on any atom is -0.143 e. The molecule has 68 valence electrons. The third-order valence-corrected chi connectivity index (χ3v) is 4.15. The first-order valence-electron chi connectivity index (χ1n) is 4.38. The molecule has 0 bridgehead atoms. The second kappa shape index (κ2) is 3.43. The van der Waals surface area contributed by atoms with Gasteiger partial charge >= 0.3 is 0 Å². The molecule has 0 radical (unpaired) electrons. The molecule has 2 aromatic rings. The zero-order valence-electron chi connectivity index (χ0n) is 7.73. The summed E-state index contributed by atoms with van der Waals surface area (Å²) in [6, 6.07) is 4.57. The molecule has 0 aliphatic rings. The second-order valence-corrected chi connectivity index (χ2v) is 4.99. The highest BCUT2D eigenvalue weighted by atomic mass is 79.9. The Hall–Kier alpha value is -0.340. The van der Waals surface area contributed by atoms with Crippen LogP contribution in [0.15, 0.2) is 22.0 Å². The van der Waals surface area contributed by atoms with Crippen molar-refractivity contribution in [3.8, 4) is 0 Å². The van der Waals surface area contributed by atoms with Gasteiger partial charge in [-0.1, -0.05) is 13.0 Å². The van der Waals surface area contributed by atoms with Crippen LogP contribution < -0.4 is 0 Å². The van der Waals surface area contributed by atoms with Gasteiger partial charge in [-0.05, 0) is 46.5 Å². The molecule has 0 aliphatic carbocycles. The third-order valence-electron chi connectivity index (χ3n) is 2.30. The molecule has 2 rings (SSSR count). The van der Waals surface area contributed by atoms with Gasteiger partial charge in [0.1, 0.15) is 0 Å². The Labute approximate surface area is 90.7 Å². The topological polar surface area (TPSA) is 0 Å². The first kappa shape index (κ1) is 9.22. The molecule has 0 amide bonds. The van der Waals surface area contributed by atoms with Crippen molar-refractivity contribution in [1.29, 1.82) is 0 Å². The van der Waals surface area contributed by atoms with Crippen LogP contribution in [0.5, 0.6) is 0 Å². The van der Waals surface area contributed by atoms with Crippen LogP contribution in [0.3, 0.4) is 0 Å².